The molecule has 0 aliphatic carbocycles. The standard InChI is InChI=1S/C19H40O2S/c1-3-5-7-9-10-11-12-14-16-22-18-19(20)17-21-15-13-8-6-4-2/h19-20H,3-18H2,1-2H3. The summed E-state index contributed by atoms with van der Waals surface area (Å²) in [5, 5.41) is 9.83. The number of hydrogen-bond donors (Lipinski definition) is 1. The molecule has 0 bridgehead atoms. The lowest BCUT2D eigenvalue weighted by Gasteiger charge is -2.11. The minimum atomic E-state index is -0.287. The van der Waals surface area contributed by atoms with E-state index in [1.807, 2.05) is 11.8 Å². The molecule has 0 aromatic carbocycles. The number of rotatable bonds is 18. The smallest absolute Gasteiger partial charge is 0.0863 e. The molecule has 2 nitrogen and oxygen atoms in total. The van der Waals surface area contributed by atoms with Gasteiger partial charge in [-0.1, -0.05) is 78.1 Å². The summed E-state index contributed by atoms with van der Waals surface area (Å²) in [4.78, 5) is 0. The van der Waals surface area contributed by atoms with Crippen molar-refractivity contribution >= 4 is 11.8 Å². The maximum Gasteiger partial charge on any atom is 0.0863 e. The van der Waals surface area contributed by atoms with Crippen molar-refractivity contribution in [3.8, 4) is 0 Å². The molecular formula is C19H40O2S. The quantitative estimate of drug-likeness (QED) is 0.321. The molecule has 1 atom stereocenters. The van der Waals surface area contributed by atoms with Gasteiger partial charge in [-0.3, -0.25) is 0 Å². The van der Waals surface area contributed by atoms with Gasteiger partial charge in [0.1, 0.15) is 0 Å². The summed E-state index contributed by atoms with van der Waals surface area (Å²) >= 11 is 1.88. The zero-order valence-corrected chi connectivity index (χ0v) is 16.0. The van der Waals surface area contributed by atoms with Gasteiger partial charge in [-0.15, -0.1) is 0 Å². The molecule has 0 heterocycles. The molecule has 0 amide bonds. The van der Waals surface area contributed by atoms with E-state index in [9.17, 15) is 5.11 Å². The Balaban J connectivity index is 3.10. The van der Waals surface area contributed by atoms with Gasteiger partial charge in [0.25, 0.3) is 0 Å². The van der Waals surface area contributed by atoms with Crippen molar-refractivity contribution in [3.05, 3.63) is 0 Å². The highest BCUT2D eigenvalue weighted by Gasteiger charge is 2.04. The first-order valence-corrected chi connectivity index (χ1v) is 10.8. The Morgan fingerprint density at radius 2 is 1.32 bits per heavy atom. The van der Waals surface area contributed by atoms with Gasteiger partial charge in [-0.05, 0) is 18.6 Å². The van der Waals surface area contributed by atoms with Crippen molar-refractivity contribution in [2.75, 3.05) is 24.7 Å². The molecule has 1 unspecified atom stereocenters. The molecule has 0 rings (SSSR count). The fourth-order valence-electron chi connectivity index (χ4n) is 2.46. The summed E-state index contributed by atoms with van der Waals surface area (Å²) < 4.78 is 5.52. The van der Waals surface area contributed by atoms with Crippen LogP contribution in [0.2, 0.25) is 0 Å². The number of thioether (sulfide) groups is 1. The van der Waals surface area contributed by atoms with Crippen molar-refractivity contribution in [2.45, 2.75) is 97.0 Å². The summed E-state index contributed by atoms with van der Waals surface area (Å²) in [6.07, 6.45) is 15.6. The largest absolute Gasteiger partial charge is 0.390 e. The van der Waals surface area contributed by atoms with E-state index in [4.69, 9.17) is 4.74 Å². The second-order valence-corrected chi connectivity index (χ2v) is 7.49. The Morgan fingerprint density at radius 3 is 1.95 bits per heavy atom. The Morgan fingerprint density at radius 1 is 0.773 bits per heavy atom. The number of unbranched alkanes of at least 4 members (excludes halogenated alkanes) is 10. The number of hydrogen-bond acceptors (Lipinski definition) is 3. The molecule has 0 radical (unpaired) electrons. The Labute approximate surface area is 143 Å². The molecule has 0 saturated carbocycles. The van der Waals surface area contributed by atoms with Gasteiger partial charge in [0.15, 0.2) is 0 Å². The van der Waals surface area contributed by atoms with Gasteiger partial charge in [0.2, 0.25) is 0 Å². The third kappa shape index (κ3) is 18.3. The lowest BCUT2D eigenvalue weighted by atomic mass is 10.1. The maximum atomic E-state index is 9.83. The highest BCUT2D eigenvalue weighted by molar-refractivity contribution is 7.99. The molecule has 0 aromatic heterocycles. The molecule has 22 heavy (non-hydrogen) atoms. The van der Waals surface area contributed by atoms with Crippen LogP contribution in [0.1, 0.15) is 90.9 Å². The molecule has 1 N–H and O–H groups in total. The SMILES string of the molecule is CCCCCCCCCCSCC(O)COCCCCCC. The average molecular weight is 333 g/mol. The molecule has 0 saturated heterocycles. The van der Waals surface area contributed by atoms with E-state index in [1.165, 1.54) is 76.4 Å². The summed E-state index contributed by atoms with van der Waals surface area (Å²) in [5.41, 5.74) is 0. The normalized spacial score (nSPS) is 12.7. The van der Waals surface area contributed by atoms with Crippen molar-refractivity contribution in [1.82, 2.24) is 0 Å². The predicted octanol–water partition coefficient (Wildman–Crippen LogP) is 5.82. The zero-order valence-electron chi connectivity index (χ0n) is 15.2. The number of aliphatic hydroxyl groups excluding tert-OH is 1. The predicted molar refractivity (Wildman–Crippen MR) is 101 cm³/mol. The molecule has 0 spiro atoms. The van der Waals surface area contributed by atoms with Crippen LogP contribution in [0.4, 0.5) is 0 Å². The second-order valence-electron chi connectivity index (χ2n) is 6.34. The zero-order chi connectivity index (χ0) is 16.3. The van der Waals surface area contributed by atoms with E-state index in [0.29, 0.717) is 6.61 Å². The first-order valence-electron chi connectivity index (χ1n) is 9.64. The van der Waals surface area contributed by atoms with Crippen molar-refractivity contribution in [3.63, 3.8) is 0 Å². The van der Waals surface area contributed by atoms with Crippen LogP contribution in [-0.2, 0) is 4.74 Å². The van der Waals surface area contributed by atoms with Gasteiger partial charge in [0.05, 0.1) is 12.7 Å². The van der Waals surface area contributed by atoms with E-state index in [0.717, 1.165) is 18.8 Å². The summed E-state index contributed by atoms with van der Waals surface area (Å²) in [5.74, 6) is 2.01. The van der Waals surface area contributed by atoms with E-state index < -0.39 is 0 Å². The Bertz CT molecular complexity index is 200. The highest BCUT2D eigenvalue weighted by Crippen LogP contribution is 2.12. The lowest BCUT2D eigenvalue weighted by Crippen LogP contribution is -2.18. The van der Waals surface area contributed by atoms with E-state index in [2.05, 4.69) is 13.8 Å². The summed E-state index contributed by atoms with van der Waals surface area (Å²) in [6, 6.07) is 0. The minimum Gasteiger partial charge on any atom is -0.390 e. The third-order valence-electron chi connectivity index (χ3n) is 3.90. The molecule has 3 heteroatoms. The molecule has 0 aliphatic rings. The van der Waals surface area contributed by atoms with Gasteiger partial charge < -0.3 is 9.84 Å². The van der Waals surface area contributed by atoms with Crippen LogP contribution < -0.4 is 0 Å². The topological polar surface area (TPSA) is 29.5 Å². The second kappa shape index (κ2) is 19.3. The monoisotopic (exact) mass is 332 g/mol. The fourth-order valence-corrected chi connectivity index (χ4v) is 3.40. The van der Waals surface area contributed by atoms with Crippen LogP contribution in [-0.4, -0.2) is 35.9 Å². The molecule has 0 fully saturated rings. The van der Waals surface area contributed by atoms with Crippen LogP contribution in [0.3, 0.4) is 0 Å². The minimum absolute atomic E-state index is 0.287. The van der Waals surface area contributed by atoms with Crippen LogP contribution in [0.25, 0.3) is 0 Å². The van der Waals surface area contributed by atoms with Crippen LogP contribution in [0, 0.1) is 0 Å². The third-order valence-corrected chi connectivity index (χ3v) is 5.10. The lowest BCUT2D eigenvalue weighted by molar-refractivity contribution is 0.0468. The van der Waals surface area contributed by atoms with Crippen LogP contribution in [0.15, 0.2) is 0 Å². The van der Waals surface area contributed by atoms with Gasteiger partial charge in [0, 0.05) is 12.4 Å². The molecule has 0 aromatic rings. The maximum absolute atomic E-state index is 9.83. The van der Waals surface area contributed by atoms with Gasteiger partial charge in [-0.2, -0.15) is 11.8 Å². The van der Waals surface area contributed by atoms with Crippen LogP contribution >= 0.6 is 11.8 Å². The van der Waals surface area contributed by atoms with Gasteiger partial charge >= 0.3 is 0 Å². The first-order chi connectivity index (χ1) is 10.8. The van der Waals surface area contributed by atoms with E-state index >= 15 is 0 Å². The molecule has 0 aliphatic heterocycles. The highest BCUT2D eigenvalue weighted by atomic mass is 32.2. The molecule has 134 valence electrons. The summed E-state index contributed by atoms with van der Waals surface area (Å²) in [6.45, 7) is 5.80. The van der Waals surface area contributed by atoms with Crippen molar-refractivity contribution < 1.29 is 9.84 Å². The first kappa shape index (κ1) is 22.3. The fraction of sp³-hybridized carbons (Fsp3) is 1.00. The number of aliphatic hydroxyl groups is 1. The van der Waals surface area contributed by atoms with E-state index in [-0.39, 0.29) is 6.10 Å². The average Bonchev–Trinajstić information content (AvgIpc) is 2.52. The van der Waals surface area contributed by atoms with E-state index in [1.54, 1.807) is 0 Å². The van der Waals surface area contributed by atoms with Gasteiger partial charge in [-0.25, -0.2) is 0 Å². The number of ether oxygens (including phenoxy) is 1. The van der Waals surface area contributed by atoms with Crippen molar-refractivity contribution in [1.29, 1.82) is 0 Å². The van der Waals surface area contributed by atoms with Crippen molar-refractivity contribution in [2.24, 2.45) is 0 Å². The Hall–Kier alpha value is 0.270. The summed E-state index contributed by atoms with van der Waals surface area (Å²) in [7, 11) is 0. The molecular weight excluding hydrogens is 292 g/mol. The van der Waals surface area contributed by atoms with Crippen LogP contribution in [0.5, 0.6) is 0 Å². The Kier molecular flexibility index (Phi) is 19.6.